The van der Waals surface area contributed by atoms with Crippen LogP contribution in [0.2, 0.25) is 0 Å². The molecule has 1 N–H and O–H groups in total. The topological polar surface area (TPSA) is 42.3 Å². The molecule has 0 aliphatic carbocycles. The predicted molar refractivity (Wildman–Crippen MR) is 76.0 cm³/mol. The molecule has 5 heteroatoms. The number of imidazole rings is 1. The largest absolute Gasteiger partial charge is 0.383 e. The fraction of sp³-hybridized carbons (Fsp3) is 0.786. The first-order valence-corrected chi connectivity index (χ1v) is 7.19. The SMILES string of the molecule is CNC[C@@H]1CCCN(Cc2nccn2CCOC)C1. The summed E-state index contributed by atoms with van der Waals surface area (Å²) in [6.07, 6.45) is 6.57. The Balaban J connectivity index is 1.87. The van der Waals surface area contributed by atoms with Crippen LogP contribution in [-0.4, -0.2) is 54.8 Å². The van der Waals surface area contributed by atoms with Gasteiger partial charge in [-0.05, 0) is 38.9 Å². The summed E-state index contributed by atoms with van der Waals surface area (Å²) in [5, 5.41) is 3.29. The highest BCUT2D eigenvalue weighted by molar-refractivity contribution is 4.93. The summed E-state index contributed by atoms with van der Waals surface area (Å²) in [6, 6.07) is 0. The molecule has 2 rings (SSSR count). The molecule has 1 aromatic heterocycles. The van der Waals surface area contributed by atoms with Crippen molar-refractivity contribution in [2.45, 2.75) is 25.9 Å². The lowest BCUT2D eigenvalue weighted by atomic mass is 9.98. The van der Waals surface area contributed by atoms with Crippen molar-refractivity contribution < 1.29 is 4.74 Å². The Morgan fingerprint density at radius 2 is 2.42 bits per heavy atom. The highest BCUT2D eigenvalue weighted by atomic mass is 16.5. The maximum absolute atomic E-state index is 5.14. The summed E-state index contributed by atoms with van der Waals surface area (Å²) in [6.45, 7) is 6.08. The summed E-state index contributed by atoms with van der Waals surface area (Å²) >= 11 is 0. The van der Waals surface area contributed by atoms with E-state index in [0.29, 0.717) is 0 Å². The molecule has 1 fully saturated rings. The fourth-order valence-corrected chi connectivity index (χ4v) is 2.84. The average Bonchev–Trinajstić information content (AvgIpc) is 2.84. The number of nitrogens with zero attached hydrogens (tertiary/aromatic N) is 3. The van der Waals surface area contributed by atoms with Crippen LogP contribution in [0.5, 0.6) is 0 Å². The number of ether oxygens (including phenoxy) is 1. The number of methoxy groups -OCH3 is 1. The molecular weight excluding hydrogens is 240 g/mol. The minimum absolute atomic E-state index is 0.742. The molecule has 0 unspecified atom stereocenters. The van der Waals surface area contributed by atoms with Gasteiger partial charge in [-0.3, -0.25) is 4.90 Å². The second-order valence-corrected chi connectivity index (χ2v) is 5.33. The number of hydrogen-bond acceptors (Lipinski definition) is 4. The van der Waals surface area contributed by atoms with Gasteiger partial charge in [-0.15, -0.1) is 0 Å². The standard InChI is InChI=1S/C14H26N4O/c1-15-10-13-4-3-6-17(11-13)12-14-16-5-7-18(14)8-9-19-2/h5,7,13,15H,3-4,6,8-12H2,1-2H3/t13-/m0/s1. The van der Waals surface area contributed by atoms with E-state index in [4.69, 9.17) is 4.74 Å². The number of nitrogens with one attached hydrogen (secondary N) is 1. The molecule has 19 heavy (non-hydrogen) atoms. The summed E-state index contributed by atoms with van der Waals surface area (Å²) < 4.78 is 7.34. The van der Waals surface area contributed by atoms with E-state index in [9.17, 15) is 0 Å². The van der Waals surface area contributed by atoms with Gasteiger partial charge in [0.1, 0.15) is 5.82 Å². The van der Waals surface area contributed by atoms with Crippen LogP contribution < -0.4 is 5.32 Å². The Bertz CT molecular complexity index is 364. The summed E-state index contributed by atoms with van der Waals surface area (Å²) in [5.41, 5.74) is 0. The van der Waals surface area contributed by atoms with Gasteiger partial charge in [0, 0.05) is 32.6 Å². The highest BCUT2D eigenvalue weighted by Gasteiger charge is 2.20. The molecule has 1 saturated heterocycles. The molecule has 0 radical (unpaired) electrons. The molecule has 0 saturated carbocycles. The number of piperidine rings is 1. The van der Waals surface area contributed by atoms with Crippen LogP contribution >= 0.6 is 0 Å². The lowest BCUT2D eigenvalue weighted by Gasteiger charge is -2.32. The molecule has 1 aliphatic heterocycles. The van der Waals surface area contributed by atoms with E-state index in [0.717, 1.165) is 38.0 Å². The van der Waals surface area contributed by atoms with Gasteiger partial charge < -0.3 is 14.6 Å². The quantitative estimate of drug-likeness (QED) is 0.798. The predicted octanol–water partition coefficient (Wildman–Crippen LogP) is 0.961. The molecule has 1 aliphatic rings. The minimum Gasteiger partial charge on any atom is -0.383 e. The van der Waals surface area contributed by atoms with Crippen LogP contribution in [0.3, 0.4) is 0 Å². The van der Waals surface area contributed by atoms with E-state index in [1.54, 1.807) is 7.11 Å². The zero-order valence-electron chi connectivity index (χ0n) is 12.1. The van der Waals surface area contributed by atoms with Crippen LogP contribution in [0.25, 0.3) is 0 Å². The first kappa shape index (κ1) is 14.5. The third-order valence-electron chi connectivity index (χ3n) is 3.80. The maximum atomic E-state index is 5.14. The molecule has 0 amide bonds. The van der Waals surface area contributed by atoms with Crippen molar-refractivity contribution in [3.05, 3.63) is 18.2 Å². The number of likely N-dealkylation sites (tertiary alicyclic amines) is 1. The Kier molecular flexibility index (Phi) is 5.82. The number of rotatable bonds is 7. The van der Waals surface area contributed by atoms with E-state index in [-0.39, 0.29) is 0 Å². The zero-order chi connectivity index (χ0) is 13.5. The fourth-order valence-electron chi connectivity index (χ4n) is 2.84. The van der Waals surface area contributed by atoms with Crippen molar-refractivity contribution in [3.63, 3.8) is 0 Å². The van der Waals surface area contributed by atoms with E-state index in [2.05, 4.69) is 19.8 Å². The Morgan fingerprint density at radius 3 is 3.21 bits per heavy atom. The van der Waals surface area contributed by atoms with E-state index in [1.165, 1.54) is 25.9 Å². The molecule has 0 bridgehead atoms. The van der Waals surface area contributed by atoms with E-state index in [1.807, 2.05) is 19.4 Å². The van der Waals surface area contributed by atoms with Gasteiger partial charge in [0.05, 0.1) is 13.2 Å². The smallest absolute Gasteiger partial charge is 0.122 e. The van der Waals surface area contributed by atoms with Crippen LogP contribution in [-0.2, 0) is 17.8 Å². The lowest BCUT2D eigenvalue weighted by molar-refractivity contribution is 0.157. The van der Waals surface area contributed by atoms with Gasteiger partial charge in [0.2, 0.25) is 0 Å². The van der Waals surface area contributed by atoms with Gasteiger partial charge in [-0.25, -0.2) is 4.98 Å². The zero-order valence-corrected chi connectivity index (χ0v) is 12.1. The monoisotopic (exact) mass is 266 g/mol. The Labute approximate surface area is 116 Å². The van der Waals surface area contributed by atoms with Crippen molar-refractivity contribution in [1.82, 2.24) is 19.8 Å². The minimum atomic E-state index is 0.742. The third-order valence-corrected chi connectivity index (χ3v) is 3.80. The molecule has 5 nitrogen and oxygen atoms in total. The van der Waals surface area contributed by atoms with Crippen LogP contribution in [0.15, 0.2) is 12.4 Å². The normalized spacial score (nSPS) is 20.8. The first-order valence-electron chi connectivity index (χ1n) is 7.19. The molecule has 0 spiro atoms. The first-order chi connectivity index (χ1) is 9.33. The Morgan fingerprint density at radius 1 is 1.53 bits per heavy atom. The number of aromatic nitrogens is 2. The summed E-state index contributed by atoms with van der Waals surface area (Å²) in [7, 11) is 3.78. The second kappa shape index (κ2) is 7.62. The maximum Gasteiger partial charge on any atom is 0.122 e. The van der Waals surface area contributed by atoms with Gasteiger partial charge >= 0.3 is 0 Å². The van der Waals surface area contributed by atoms with Crippen LogP contribution in [0.1, 0.15) is 18.7 Å². The van der Waals surface area contributed by atoms with E-state index >= 15 is 0 Å². The van der Waals surface area contributed by atoms with Gasteiger partial charge in [-0.1, -0.05) is 0 Å². The van der Waals surface area contributed by atoms with Gasteiger partial charge in [-0.2, -0.15) is 0 Å². The third kappa shape index (κ3) is 4.30. The van der Waals surface area contributed by atoms with Crippen LogP contribution in [0, 0.1) is 5.92 Å². The second-order valence-electron chi connectivity index (χ2n) is 5.33. The average molecular weight is 266 g/mol. The molecule has 2 heterocycles. The lowest BCUT2D eigenvalue weighted by Crippen LogP contribution is -2.39. The molecule has 108 valence electrons. The molecular formula is C14H26N4O. The summed E-state index contributed by atoms with van der Waals surface area (Å²) in [4.78, 5) is 7.01. The van der Waals surface area contributed by atoms with Crippen molar-refractivity contribution in [2.24, 2.45) is 5.92 Å². The van der Waals surface area contributed by atoms with Gasteiger partial charge in [0.15, 0.2) is 0 Å². The van der Waals surface area contributed by atoms with Crippen molar-refractivity contribution in [3.8, 4) is 0 Å². The molecule has 1 atom stereocenters. The number of hydrogen-bond donors (Lipinski definition) is 1. The van der Waals surface area contributed by atoms with E-state index < -0.39 is 0 Å². The summed E-state index contributed by atoms with van der Waals surface area (Å²) in [5.74, 6) is 1.93. The van der Waals surface area contributed by atoms with Crippen molar-refractivity contribution >= 4 is 0 Å². The molecule has 1 aromatic rings. The molecule has 0 aromatic carbocycles. The van der Waals surface area contributed by atoms with Crippen LogP contribution in [0.4, 0.5) is 0 Å². The van der Waals surface area contributed by atoms with Gasteiger partial charge in [0.25, 0.3) is 0 Å². The Hall–Kier alpha value is -0.910. The highest BCUT2D eigenvalue weighted by Crippen LogP contribution is 2.17. The van der Waals surface area contributed by atoms with Crippen molar-refractivity contribution in [1.29, 1.82) is 0 Å². The van der Waals surface area contributed by atoms with Crippen molar-refractivity contribution in [2.75, 3.05) is 40.4 Å².